The lowest BCUT2D eigenvalue weighted by Crippen LogP contribution is -2.47. The molecule has 0 spiro atoms. The number of hydrogen-bond acceptors (Lipinski definition) is 5. The summed E-state index contributed by atoms with van der Waals surface area (Å²) in [5, 5.41) is 28.9. The van der Waals surface area contributed by atoms with Crippen LogP contribution in [0.4, 0.5) is 0 Å². The van der Waals surface area contributed by atoms with E-state index in [0.717, 1.165) is 0 Å². The minimum Gasteiger partial charge on any atom is -0.389 e. The van der Waals surface area contributed by atoms with Gasteiger partial charge in [0, 0.05) is 6.54 Å². The summed E-state index contributed by atoms with van der Waals surface area (Å²) in [6.07, 6.45) is -2.32. The van der Waals surface area contributed by atoms with Crippen molar-refractivity contribution < 1.29 is 20.1 Å². The SMILES string of the molecule is OC1CN2C3COC1C2C(O)C3O. The molecular weight excluding hydrogens is 174 g/mol. The Morgan fingerprint density at radius 1 is 1.15 bits per heavy atom. The van der Waals surface area contributed by atoms with Gasteiger partial charge in [-0.15, -0.1) is 0 Å². The molecule has 0 saturated carbocycles. The Morgan fingerprint density at radius 2 is 1.92 bits per heavy atom. The van der Waals surface area contributed by atoms with Gasteiger partial charge in [0.25, 0.3) is 0 Å². The van der Waals surface area contributed by atoms with Crippen LogP contribution in [0.15, 0.2) is 0 Å². The van der Waals surface area contributed by atoms with Crippen molar-refractivity contribution in [2.24, 2.45) is 0 Å². The summed E-state index contributed by atoms with van der Waals surface area (Å²) in [7, 11) is 0. The highest BCUT2D eigenvalue weighted by atomic mass is 16.5. The van der Waals surface area contributed by atoms with Gasteiger partial charge in [-0.05, 0) is 0 Å². The van der Waals surface area contributed by atoms with Crippen molar-refractivity contribution in [3.8, 4) is 0 Å². The van der Waals surface area contributed by atoms with Gasteiger partial charge in [-0.2, -0.15) is 0 Å². The number of aliphatic hydroxyl groups is 3. The fourth-order valence-corrected chi connectivity index (χ4v) is 2.84. The van der Waals surface area contributed by atoms with Gasteiger partial charge in [0.1, 0.15) is 6.10 Å². The molecule has 7 unspecified atom stereocenters. The largest absolute Gasteiger partial charge is 0.389 e. The minimum atomic E-state index is -0.769. The third-order valence-corrected chi connectivity index (χ3v) is 3.48. The standard InChI is InChI=1S/C8H13NO4/c10-4-1-9-3-2-13-8(4)5(9)7(12)6(3)11/h3-8,10-12H,1-2H2. The molecule has 74 valence electrons. The molecule has 3 aliphatic rings. The van der Waals surface area contributed by atoms with E-state index in [2.05, 4.69) is 0 Å². The first-order chi connectivity index (χ1) is 6.20. The molecule has 0 aromatic carbocycles. The number of morpholine rings is 1. The molecule has 3 heterocycles. The summed E-state index contributed by atoms with van der Waals surface area (Å²) in [4.78, 5) is 1.97. The normalized spacial score (nSPS) is 64.4. The quantitative estimate of drug-likeness (QED) is 0.392. The van der Waals surface area contributed by atoms with Gasteiger partial charge in [0.2, 0.25) is 0 Å². The molecule has 0 radical (unpaired) electrons. The van der Waals surface area contributed by atoms with Crippen molar-refractivity contribution in [2.75, 3.05) is 13.2 Å². The second-order valence-electron chi connectivity index (χ2n) is 4.10. The van der Waals surface area contributed by atoms with E-state index in [1.54, 1.807) is 0 Å². The lowest BCUT2D eigenvalue weighted by Gasteiger charge is -2.30. The fourth-order valence-electron chi connectivity index (χ4n) is 2.84. The topological polar surface area (TPSA) is 73.2 Å². The first-order valence-corrected chi connectivity index (χ1v) is 4.61. The van der Waals surface area contributed by atoms with Crippen molar-refractivity contribution in [1.29, 1.82) is 0 Å². The molecule has 5 heteroatoms. The fraction of sp³-hybridized carbons (Fsp3) is 1.00. The molecule has 0 aliphatic carbocycles. The molecule has 3 saturated heterocycles. The molecule has 0 amide bonds. The highest BCUT2D eigenvalue weighted by Gasteiger charge is 2.60. The summed E-state index contributed by atoms with van der Waals surface area (Å²) >= 11 is 0. The molecule has 0 aromatic rings. The summed E-state index contributed by atoms with van der Waals surface area (Å²) in [5.74, 6) is 0. The van der Waals surface area contributed by atoms with E-state index in [4.69, 9.17) is 4.74 Å². The first-order valence-electron chi connectivity index (χ1n) is 4.61. The predicted molar refractivity (Wildman–Crippen MR) is 42.0 cm³/mol. The Hall–Kier alpha value is -0.200. The van der Waals surface area contributed by atoms with Crippen LogP contribution in [0.5, 0.6) is 0 Å². The van der Waals surface area contributed by atoms with Crippen LogP contribution in [0.2, 0.25) is 0 Å². The molecule has 7 atom stereocenters. The van der Waals surface area contributed by atoms with Gasteiger partial charge in [-0.3, -0.25) is 4.90 Å². The van der Waals surface area contributed by atoms with Gasteiger partial charge in [0.15, 0.2) is 0 Å². The van der Waals surface area contributed by atoms with Crippen molar-refractivity contribution >= 4 is 0 Å². The van der Waals surface area contributed by atoms with E-state index in [0.29, 0.717) is 13.2 Å². The van der Waals surface area contributed by atoms with Crippen LogP contribution in [0, 0.1) is 0 Å². The second-order valence-corrected chi connectivity index (χ2v) is 4.10. The van der Waals surface area contributed by atoms with Crippen LogP contribution in [0.1, 0.15) is 0 Å². The van der Waals surface area contributed by atoms with E-state index in [-0.39, 0.29) is 18.2 Å². The average molecular weight is 187 g/mol. The zero-order valence-electron chi connectivity index (χ0n) is 7.08. The maximum Gasteiger partial charge on any atom is 0.103 e. The Morgan fingerprint density at radius 3 is 2.62 bits per heavy atom. The summed E-state index contributed by atoms with van der Waals surface area (Å²) in [5.41, 5.74) is 0. The van der Waals surface area contributed by atoms with Crippen LogP contribution in [0.3, 0.4) is 0 Å². The molecule has 3 aliphatic heterocycles. The van der Waals surface area contributed by atoms with Crippen LogP contribution in [-0.2, 0) is 4.74 Å². The van der Waals surface area contributed by atoms with Gasteiger partial charge in [-0.1, -0.05) is 0 Å². The maximum absolute atomic E-state index is 9.68. The van der Waals surface area contributed by atoms with Crippen molar-refractivity contribution in [3.63, 3.8) is 0 Å². The van der Waals surface area contributed by atoms with E-state index in [9.17, 15) is 15.3 Å². The monoisotopic (exact) mass is 187 g/mol. The van der Waals surface area contributed by atoms with Crippen LogP contribution in [-0.4, -0.2) is 69.9 Å². The number of ether oxygens (including phenoxy) is 1. The highest BCUT2D eigenvalue weighted by Crippen LogP contribution is 2.39. The van der Waals surface area contributed by atoms with Gasteiger partial charge in [0.05, 0.1) is 37.0 Å². The molecule has 13 heavy (non-hydrogen) atoms. The van der Waals surface area contributed by atoms with E-state index >= 15 is 0 Å². The molecular formula is C8H13NO4. The number of aliphatic hydroxyl groups excluding tert-OH is 3. The molecule has 3 rings (SSSR count). The van der Waals surface area contributed by atoms with Crippen LogP contribution in [0.25, 0.3) is 0 Å². The highest BCUT2D eigenvalue weighted by molar-refractivity contribution is 5.13. The summed E-state index contributed by atoms with van der Waals surface area (Å²) < 4.78 is 5.40. The van der Waals surface area contributed by atoms with Crippen LogP contribution >= 0.6 is 0 Å². The predicted octanol–water partition coefficient (Wildman–Crippen LogP) is -2.47. The molecule has 3 N–H and O–H groups in total. The van der Waals surface area contributed by atoms with Crippen LogP contribution < -0.4 is 0 Å². The van der Waals surface area contributed by atoms with Crippen molar-refractivity contribution in [1.82, 2.24) is 4.90 Å². The molecule has 5 nitrogen and oxygen atoms in total. The van der Waals surface area contributed by atoms with Crippen molar-refractivity contribution in [2.45, 2.75) is 36.5 Å². The molecule has 3 fully saturated rings. The summed E-state index contributed by atoms with van der Waals surface area (Å²) in [6, 6.07) is -0.336. The van der Waals surface area contributed by atoms with Gasteiger partial charge < -0.3 is 20.1 Å². The minimum absolute atomic E-state index is 0.131. The lowest BCUT2D eigenvalue weighted by molar-refractivity contribution is -0.0682. The Kier molecular flexibility index (Phi) is 1.52. The maximum atomic E-state index is 9.68. The third kappa shape index (κ3) is 0.837. The smallest absolute Gasteiger partial charge is 0.103 e. The van der Waals surface area contributed by atoms with Gasteiger partial charge >= 0.3 is 0 Å². The second kappa shape index (κ2) is 2.43. The van der Waals surface area contributed by atoms with Gasteiger partial charge in [-0.25, -0.2) is 0 Å². The van der Waals surface area contributed by atoms with Crippen molar-refractivity contribution in [3.05, 3.63) is 0 Å². The number of hydrogen-bond donors (Lipinski definition) is 3. The van der Waals surface area contributed by atoms with E-state index < -0.39 is 18.3 Å². The zero-order valence-corrected chi connectivity index (χ0v) is 7.08. The van der Waals surface area contributed by atoms with E-state index in [1.165, 1.54) is 0 Å². The van der Waals surface area contributed by atoms with E-state index in [1.807, 2.05) is 4.90 Å². The Labute approximate surface area is 75.5 Å². The molecule has 4 bridgehead atoms. The number of nitrogens with zero attached hydrogens (tertiary/aromatic N) is 1. The Balaban J connectivity index is 1.98. The Bertz CT molecular complexity index is 234. The summed E-state index contributed by atoms with van der Waals surface area (Å²) in [6.45, 7) is 0.921. The number of rotatable bonds is 0. The molecule has 0 aromatic heterocycles. The lowest BCUT2D eigenvalue weighted by atomic mass is 10.0. The third-order valence-electron chi connectivity index (χ3n) is 3.48. The first kappa shape index (κ1) is 8.14. The zero-order chi connectivity index (χ0) is 9.16. The average Bonchev–Trinajstić information content (AvgIpc) is 2.39.